The summed E-state index contributed by atoms with van der Waals surface area (Å²) in [4.78, 5) is 24.0. The van der Waals surface area contributed by atoms with Gasteiger partial charge in [-0.2, -0.15) is 0 Å². The molecule has 2 aliphatic carbocycles. The molecule has 0 unspecified atom stereocenters. The van der Waals surface area contributed by atoms with Crippen LogP contribution in [0.25, 0.3) is 0 Å². The van der Waals surface area contributed by atoms with Crippen LogP contribution in [0.3, 0.4) is 0 Å². The van der Waals surface area contributed by atoms with Gasteiger partial charge in [-0.3, -0.25) is 4.79 Å². The van der Waals surface area contributed by atoms with E-state index in [1.807, 2.05) is 0 Å². The number of hydrogen-bond acceptors (Lipinski definition) is 6. The van der Waals surface area contributed by atoms with Crippen LogP contribution >= 0.6 is 0 Å². The molecule has 1 heterocycles. The van der Waals surface area contributed by atoms with Crippen LogP contribution in [0.5, 0.6) is 5.75 Å². The molecule has 8 nitrogen and oxygen atoms in total. The van der Waals surface area contributed by atoms with Gasteiger partial charge in [-0.15, -0.1) is 0 Å². The van der Waals surface area contributed by atoms with E-state index in [2.05, 4.69) is 16.0 Å². The lowest BCUT2D eigenvalue weighted by molar-refractivity contribution is -0.122. The van der Waals surface area contributed by atoms with E-state index >= 15 is 0 Å². The standard InChI is InChI=1S/C24H36BN3O5/c29-22(28-21-15-18-2-1-3-20(24(30)31)23(18)33-25(21)32)14-17-6-8-19(9-7-17)27-13-12-26-11-10-16-4-5-16/h1-3,16-17,19,21,26-27,32H,4-15H2,(H,28,29)(H,30,31)/t17-,19-,21-/m0/s1. The number of benzene rings is 1. The Bertz CT molecular complexity index is 826. The van der Waals surface area contributed by atoms with Crippen molar-refractivity contribution < 1.29 is 24.4 Å². The van der Waals surface area contributed by atoms with Gasteiger partial charge in [0.2, 0.25) is 5.91 Å². The van der Waals surface area contributed by atoms with Gasteiger partial charge in [0.25, 0.3) is 0 Å². The fourth-order valence-electron chi connectivity index (χ4n) is 5.02. The third-order valence-electron chi connectivity index (χ3n) is 7.18. The van der Waals surface area contributed by atoms with Crippen molar-refractivity contribution in [2.75, 3.05) is 19.6 Å². The molecule has 1 atom stereocenters. The van der Waals surface area contributed by atoms with Crippen molar-refractivity contribution in [2.24, 2.45) is 11.8 Å². The van der Waals surface area contributed by atoms with Crippen molar-refractivity contribution in [3.63, 3.8) is 0 Å². The van der Waals surface area contributed by atoms with Crippen LogP contribution in [0.2, 0.25) is 0 Å². The molecule has 2 fully saturated rings. The number of amides is 1. The SMILES string of the molecule is O=C(C[C@H]1CC[C@H](NCCNCCC2CC2)CC1)N[C@H]1Cc2cccc(C(=O)O)c2OB1O. The lowest BCUT2D eigenvalue weighted by Crippen LogP contribution is -2.53. The molecule has 180 valence electrons. The van der Waals surface area contributed by atoms with Gasteiger partial charge in [0.1, 0.15) is 5.75 Å². The first-order valence-corrected chi connectivity index (χ1v) is 12.4. The number of rotatable bonds is 11. The van der Waals surface area contributed by atoms with Crippen molar-refractivity contribution in [3.05, 3.63) is 29.3 Å². The van der Waals surface area contributed by atoms with Crippen LogP contribution in [0.4, 0.5) is 0 Å². The summed E-state index contributed by atoms with van der Waals surface area (Å²) in [7, 11) is -1.26. The zero-order valence-electron chi connectivity index (χ0n) is 19.2. The van der Waals surface area contributed by atoms with Crippen LogP contribution in [-0.4, -0.2) is 60.7 Å². The molecule has 0 aromatic heterocycles. The predicted molar refractivity (Wildman–Crippen MR) is 126 cm³/mol. The minimum Gasteiger partial charge on any atom is -0.534 e. The lowest BCUT2D eigenvalue weighted by atomic mass is 9.72. The highest BCUT2D eigenvalue weighted by atomic mass is 16.5. The highest BCUT2D eigenvalue weighted by Crippen LogP contribution is 2.32. The average molecular weight is 457 g/mol. The summed E-state index contributed by atoms with van der Waals surface area (Å²) < 4.78 is 5.47. The van der Waals surface area contributed by atoms with E-state index in [0.29, 0.717) is 30.4 Å². The molecule has 0 radical (unpaired) electrons. The van der Waals surface area contributed by atoms with Crippen LogP contribution < -0.4 is 20.6 Å². The fraction of sp³-hybridized carbons (Fsp3) is 0.667. The minimum absolute atomic E-state index is 0.0238. The number of carboxylic acid groups (broad SMARTS) is 1. The van der Waals surface area contributed by atoms with Crippen LogP contribution in [0.1, 0.15) is 67.3 Å². The van der Waals surface area contributed by atoms with Crippen molar-refractivity contribution >= 4 is 19.0 Å². The maximum atomic E-state index is 12.6. The monoisotopic (exact) mass is 457 g/mol. The van der Waals surface area contributed by atoms with E-state index in [4.69, 9.17) is 4.65 Å². The molecule has 9 heteroatoms. The predicted octanol–water partition coefficient (Wildman–Crippen LogP) is 1.75. The molecule has 5 N–H and O–H groups in total. The summed E-state index contributed by atoms with van der Waals surface area (Å²) >= 11 is 0. The van der Waals surface area contributed by atoms with Gasteiger partial charge in [-0.1, -0.05) is 25.0 Å². The summed E-state index contributed by atoms with van der Waals surface area (Å²) in [6.07, 6.45) is 9.14. The number of carbonyl (C=O) groups is 2. The molecule has 4 rings (SSSR count). The van der Waals surface area contributed by atoms with Gasteiger partial charge in [0, 0.05) is 25.6 Å². The first-order valence-electron chi connectivity index (χ1n) is 12.4. The first kappa shape index (κ1) is 24.0. The van der Waals surface area contributed by atoms with Gasteiger partial charge in [0.05, 0.1) is 11.5 Å². The smallest absolute Gasteiger partial charge is 0.534 e. The van der Waals surface area contributed by atoms with Crippen molar-refractivity contribution in [1.29, 1.82) is 0 Å². The number of hydrogen-bond donors (Lipinski definition) is 5. The normalized spacial score (nSPS) is 24.6. The Balaban J connectivity index is 1.14. The molecule has 3 aliphatic rings. The second kappa shape index (κ2) is 11.4. The molecule has 1 aromatic carbocycles. The molecule has 0 saturated heterocycles. The summed E-state index contributed by atoms with van der Waals surface area (Å²) in [5, 5.41) is 29.7. The van der Waals surface area contributed by atoms with E-state index < -0.39 is 19.0 Å². The Morgan fingerprint density at radius 3 is 2.52 bits per heavy atom. The number of aromatic carboxylic acids is 1. The molecular formula is C24H36BN3O5. The van der Waals surface area contributed by atoms with Crippen LogP contribution in [0, 0.1) is 11.8 Å². The average Bonchev–Trinajstić information content (AvgIpc) is 3.61. The zero-order valence-corrected chi connectivity index (χ0v) is 19.2. The highest BCUT2D eigenvalue weighted by Gasteiger charge is 2.38. The second-order valence-electron chi connectivity index (χ2n) is 9.84. The minimum atomic E-state index is -1.26. The van der Waals surface area contributed by atoms with Crippen molar-refractivity contribution in [1.82, 2.24) is 16.0 Å². The number of fused-ring (bicyclic) bond motifs is 1. The molecule has 1 aliphatic heterocycles. The van der Waals surface area contributed by atoms with Crippen molar-refractivity contribution in [2.45, 2.75) is 69.8 Å². The maximum Gasteiger partial charge on any atom is 0.547 e. The molecule has 1 aromatic rings. The summed E-state index contributed by atoms with van der Waals surface area (Å²) in [5.74, 6) is -0.251. The largest absolute Gasteiger partial charge is 0.547 e. The van der Waals surface area contributed by atoms with Crippen molar-refractivity contribution in [3.8, 4) is 5.75 Å². The fourth-order valence-corrected chi connectivity index (χ4v) is 5.02. The summed E-state index contributed by atoms with van der Waals surface area (Å²) in [5.41, 5.74) is 0.704. The van der Waals surface area contributed by atoms with Gasteiger partial charge < -0.3 is 30.7 Å². The Morgan fingerprint density at radius 2 is 1.79 bits per heavy atom. The molecular weight excluding hydrogens is 421 g/mol. The number of carbonyl (C=O) groups excluding carboxylic acids is 1. The molecule has 0 bridgehead atoms. The van der Waals surface area contributed by atoms with Gasteiger partial charge in [-0.05, 0) is 68.5 Å². The quantitative estimate of drug-likeness (QED) is 0.254. The lowest BCUT2D eigenvalue weighted by Gasteiger charge is -2.31. The molecule has 1 amide bonds. The maximum absolute atomic E-state index is 12.6. The van der Waals surface area contributed by atoms with E-state index in [0.717, 1.165) is 51.2 Å². The van der Waals surface area contributed by atoms with Crippen LogP contribution in [0.15, 0.2) is 18.2 Å². The molecule has 2 saturated carbocycles. The highest BCUT2D eigenvalue weighted by molar-refractivity contribution is 6.47. The second-order valence-corrected chi connectivity index (χ2v) is 9.84. The van der Waals surface area contributed by atoms with Gasteiger partial charge >= 0.3 is 13.1 Å². The molecule has 0 spiro atoms. The Morgan fingerprint density at radius 1 is 1.03 bits per heavy atom. The third kappa shape index (κ3) is 6.95. The summed E-state index contributed by atoms with van der Waals surface area (Å²) in [6, 6.07) is 5.40. The van der Waals surface area contributed by atoms with Gasteiger partial charge in [-0.25, -0.2) is 4.79 Å². The van der Waals surface area contributed by atoms with E-state index in [-0.39, 0.29) is 17.2 Å². The topological polar surface area (TPSA) is 120 Å². The summed E-state index contributed by atoms with van der Waals surface area (Å²) in [6.45, 7) is 3.13. The number of carboxylic acids is 1. The Hall–Kier alpha value is -2.10. The van der Waals surface area contributed by atoms with E-state index in [1.165, 1.54) is 25.3 Å². The Kier molecular flexibility index (Phi) is 8.27. The number of nitrogens with one attached hydrogen (secondary N) is 3. The van der Waals surface area contributed by atoms with Crippen LogP contribution in [-0.2, 0) is 11.2 Å². The van der Waals surface area contributed by atoms with Gasteiger partial charge in [0.15, 0.2) is 0 Å². The zero-order chi connectivity index (χ0) is 23.2. The molecule has 33 heavy (non-hydrogen) atoms. The van der Waals surface area contributed by atoms with E-state index in [1.54, 1.807) is 12.1 Å². The number of para-hydroxylation sites is 1. The Labute approximate surface area is 196 Å². The van der Waals surface area contributed by atoms with E-state index in [9.17, 15) is 19.7 Å². The third-order valence-corrected chi connectivity index (χ3v) is 7.18. The first-order chi connectivity index (χ1) is 16.0.